The first-order chi connectivity index (χ1) is 8.90. The molecule has 5 heteroatoms. The van der Waals surface area contributed by atoms with E-state index < -0.39 is 0 Å². The van der Waals surface area contributed by atoms with Crippen LogP contribution in [0.1, 0.15) is 22.8 Å². The number of amides is 2. The molecule has 1 aromatic rings. The zero-order valence-corrected chi connectivity index (χ0v) is 11.8. The number of aryl methyl sites for hydroxylation is 1. The molecule has 2 rings (SSSR count). The molecule has 0 unspecified atom stereocenters. The van der Waals surface area contributed by atoms with Crippen LogP contribution in [0.2, 0.25) is 5.02 Å². The molecule has 1 aliphatic heterocycles. The maximum absolute atomic E-state index is 12.3. The summed E-state index contributed by atoms with van der Waals surface area (Å²) in [5, 5.41) is 0.574. The highest BCUT2D eigenvalue weighted by molar-refractivity contribution is 6.31. The second kappa shape index (κ2) is 5.21. The monoisotopic (exact) mass is 280 g/mol. The van der Waals surface area contributed by atoms with Gasteiger partial charge in [-0.05, 0) is 30.5 Å². The first kappa shape index (κ1) is 13.9. The summed E-state index contributed by atoms with van der Waals surface area (Å²) in [4.78, 5) is 25.3. The van der Waals surface area contributed by atoms with Crippen LogP contribution in [0.15, 0.2) is 18.2 Å². The van der Waals surface area contributed by atoms with Crippen molar-refractivity contribution in [2.45, 2.75) is 13.8 Å². The highest BCUT2D eigenvalue weighted by atomic mass is 35.5. The molecule has 1 heterocycles. The number of carbonyl (C=O) groups is 2. The third-order valence-corrected chi connectivity index (χ3v) is 4.09. The van der Waals surface area contributed by atoms with Crippen LogP contribution in [-0.2, 0) is 4.79 Å². The summed E-state index contributed by atoms with van der Waals surface area (Å²) >= 11 is 6.03. The van der Waals surface area contributed by atoms with Gasteiger partial charge in [-0.3, -0.25) is 9.59 Å². The Morgan fingerprint density at radius 2 is 2.05 bits per heavy atom. The molecule has 0 spiro atoms. The van der Waals surface area contributed by atoms with E-state index in [4.69, 9.17) is 17.3 Å². The van der Waals surface area contributed by atoms with Crippen molar-refractivity contribution in [2.24, 2.45) is 17.6 Å². The highest BCUT2D eigenvalue weighted by Gasteiger charge is 2.36. The Kier molecular flexibility index (Phi) is 3.80. The standard InChI is InChI=1S/C14H17ClN2O2/c1-8-3-4-10(5-12(8)15)14(19)17-6-9(2)11(7-17)13(16)18/h3-5,9,11H,6-7H2,1-2H3,(H2,16,18)/t9-,11-/m1/s1. The number of carbonyl (C=O) groups excluding carboxylic acids is 2. The number of nitrogens with two attached hydrogens (primary N) is 1. The number of primary amides is 1. The molecule has 0 radical (unpaired) electrons. The van der Waals surface area contributed by atoms with Gasteiger partial charge in [0.1, 0.15) is 0 Å². The lowest BCUT2D eigenvalue weighted by atomic mass is 9.98. The third-order valence-electron chi connectivity index (χ3n) is 3.68. The normalized spacial score (nSPS) is 22.6. The van der Waals surface area contributed by atoms with Crippen LogP contribution in [0.4, 0.5) is 0 Å². The van der Waals surface area contributed by atoms with Crippen molar-refractivity contribution < 1.29 is 9.59 Å². The molecule has 1 saturated heterocycles. The Labute approximate surface area is 117 Å². The minimum absolute atomic E-state index is 0.0994. The average Bonchev–Trinajstić information content (AvgIpc) is 2.74. The Balaban J connectivity index is 2.17. The number of rotatable bonds is 2. The Morgan fingerprint density at radius 1 is 1.37 bits per heavy atom. The van der Waals surface area contributed by atoms with Gasteiger partial charge in [0.05, 0.1) is 5.92 Å². The van der Waals surface area contributed by atoms with Crippen LogP contribution in [-0.4, -0.2) is 29.8 Å². The smallest absolute Gasteiger partial charge is 0.253 e. The summed E-state index contributed by atoms with van der Waals surface area (Å²) in [5.74, 6) is -0.602. The second-order valence-corrected chi connectivity index (χ2v) is 5.57. The maximum atomic E-state index is 12.3. The van der Waals surface area contributed by atoms with Gasteiger partial charge in [0.25, 0.3) is 5.91 Å². The molecular weight excluding hydrogens is 264 g/mol. The van der Waals surface area contributed by atoms with E-state index in [9.17, 15) is 9.59 Å². The third kappa shape index (κ3) is 2.73. The molecule has 102 valence electrons. The summed E-state index contributed by atoms with van der Waals surface area (Å²) < 4.78 is 0. The van der Waals surface area contributed by atoms with E-state index in [0.29, 0.717) is 23.7 Å². The zero-order valence-electron chi connectivity index (χ0n) is 11.0. The van der Waals surface area contributed by atoms with Crippen molar-refractivity contribution in [3.8, 4) is 0 Å². The van der Waals surface area contributed by atoms with E-state index in [1.807, 2.05) is 19.9 Å². The fraction of sp³-hybridized carbons (Fsp3) is 0.429. The molecule has 0 aliphatic carbocycles. The molecule has 2 atom stereocenters. The lowest BCUT2D eigenvalue weighted by Gasteiger charge is -2.16. The molecule has 2 amide bonds. The van der Waals surface area contributed by atoms with Crippen molar-refractivity contribution >= 4 is 23.4 Å². The van der Waals surface area contributed by atoms with Crippen LogP contribution in [0.3, 0.4) is 0 Å². The van der Waals surface area contributed by atoms with Crippen molar-refractivity contribution in [2.75, 3.05) is 13.1 Å². The predicted octanol–water partition coefficient (Wildman–Crippen LogP) is 1.84. The van der Waals surface area contributed by atoms with Gasteiger partial charge in [-0.2, -0.15) is 0 Å². The van der Waals surface area contributed by atoms with E-state index in [-0.39, 0.29) is 23.7 Å². The quantitative estimate of drug-likeness (QED) is 0.898. The van der Waals surface area contributed by atoms with Gasteiger partial charge >= 0.3 is 0 Å². The Hall–Kier alpha value is -1.55. The number of benzene rings is 1. The van der Waals surface area contributed by atoms with Gasteiger partial charge in [-0.1, -0.05) is 24.6 Å². The molecule has 0 saturated carbocycles. The summed E-state index contributed by atoms with van der Waals surface area (Å²) in [6.45, 7) is 4.77. The minimum atomic E-state index is -0.343. The van der Waals surface area contributed by atoms with E-state index >= 15 is 0 Å². The first-order valence-electron chi connectivity index (χ1n) is 6.25. The minimum Gasteiger partial charge on any atom is -0.369 e. The SMILES string of the molecule is Cc1ccc(C(=O)N2C[C@@H](C)[C@H](C(N)=O)C2)cc1Cl. The highest BCUT2D eigenvalue weighted by Crippen LogP contribution is 2.25. The summed E-state index contributed by atoms with van der Waals surface area (Å²) in [6, 6.07) is 5.24. The van der Waals surface area contributed by atoms with Crippen LogP contribution in [0.25, 0.3) is 0 Å². The number of halogens is 1. The number of hydrogen-bond donors (Lipinski definition) is 1. The van der Waals surface area contributed by atoms with E-state index in [0.717, 1.165) is 5.56 Å². The average molecular weight is 281 g/mol. The van der Waals surface area contributed by atoms with Crippen molar-refractivity contribution in [3.05, 3.63) is 34.3 Å². The molecule has 0 aromatic heterocycles. The van der Waals surface area contributed by atoms with Gasteiger partial charge in [-0.15, -0.1) is 0 Å². The molecule has 1 aliphatic rings. The van der Waals surface area contributed by atoms with Crippen molar-refractivity contribution in [3.63, 3.8) is 0 Å². The van der Waals surface area contributed by atoms with Crippen LogP contribution < -0.4 is 5.73 Å². The number of likely N-dealkylation sites (tertiary alicyclic amines) is 1. The maximum Gasteiger partial charge on any atom is 0.253 e. The fourth-order valence-electron chi connectivity index (χ4n) is 2.41. The van der Waals surface area contributed by atoms with Gasteiger partial charge < -0.3 is 10.6 Å². The van der Waals surface area contributed by atoms with Crippen LogP contribution in [0.5, 0.6) is 0 Å². The van der Waals surface area contributed by atoms with Crippen LogP contribution in [0, 0.1) is 18.8 Å². The fourth-order valence-corrected chi connectivity index (χ4v) is 2.59. The molecule has 19 heavy (non-hydrogen) atoms. The second-order valence-electron chi connectivity index (χ2n) is 5.16. The molecule has 1 fully saturated rings. The molecule has 0 bridgehead atoms. The number of nitrogens with zero attached hydrogens (tertiary/aromatic N) is 1. The van der Waals surface area contributed by atoms with E-state index in [1.165, 1.54) is 0 Å². The molecule has 4 nitrogen and oxygen atoms in total. The number of hydrogen-bond acceptors (Lipinski definition) is 2. The van der Waals surface area contributed by atoms with Crippen molar-refractivity contribution in [1.82, 2.24) is 4.90 Å². The van der Waals surface area contributed by atoms with Crippen molar-refractivity contribution in [1.29, 1.82) is 0 Å². The predicted molar refractivity (Wildman–Crippen MR) is 73.9 cm³/mol. The first-order valence-corrected chi connectivity index (χ1v) is 6.62. The summed E-state index contributed by atoms with van der Waals surface area (Å²) in [5.41, 5.74) is 6.82. The van der Waals surface area contributed by atoms with Gasteiger partial charge in [0, 0.05) is 23.7 Å². The lowest BCUT2D eigenvalue weighted by molar-refractivity contribution is -0.122. The topological polar surface area (TPSA) is 63.4 Å². The summed E-state index contributed by atoms with van der Waals surface area (Å²) in [6.07, 6.45) is 0. The van der Waals surface area contributed by atoms with E-state index in [2.05, 4.69) is 0 Å². The van der Waals surface area contributed by atoms with Gasteiger partial charge in [0.15, 0.2) is 0 Å². The summed E-state index contributed by atoms with van der Waals surface area (Å²) in [7, 11) is 0. The largest absolute Gasteiger partial charge is 0.369 e. The molecular formula is C14H17ClN2O2. The Bertz CT molecular complexity index is 530. The lowest BCUT2D eigenvalue weighted by Crippen LogP contribution is -2.32. The zero-order chi connectivity index (χ0) is 14.2. The Morgan fingerprint density at radius 3 is 2.58 bits per heavy atom. The molecule has 2 N–H and O–H groups in total. The van der Waals surface area contributed by atoms with Gasteiger partial charge in [-0.25, -0.2) is 0 Å². The van der Waals surface area contributed by atoms with Crippen LogP contribution >= 0.6 is 11.6 Å². The molecule has 1 aromatic carbocycles. The van der Waals surface area contributed by atoms with Gasteiger partial charge in [0.2, 0.25) is 5.91 Å². The van der Waals surface area contributed by atoms with E-state index in [1.54, 1.807) is 17.0 Å².